The quantitative estimate of drug-likeness (QED) is 0.612. The van der Waals surface area contributed by atoms with Crippen LogP contribution in [-0.4, -0.2) is 40.1 Å². The Balaban J connectivity index is 1.92. The van der Waals surface area contributed by atoms with Crippen LogP contribution in [0.5, 0.6) is 0 Å². The third-order valence-corrected chi connectivity index (χ3v) is 3.55. The maximum Gasteiger partial charge on any atom is 0.269 e. The number of aromatic nitrogens is 2. The summed E-state index contributed by atoms with van der Waals surface area (Å²) < 4.78 is 6.82. The van der Waals surface area contributed by atoms with E-state index in [2.05, 4.69) is 11.6 Å². The van der Waals surface area contributed by atoms with Crippen molar-refractivity contribution in [3.63, 3.8) is 0 Å². The minimum absolute atomic E-state index is 0.192. The SMILES string of the molecule is C=C(C1CN(c2cc(=O)n3ccccc3n2)CCO1)[N+](=O)[O-]. The first-order valence-corrected chi connectivity index (χ1v) is 6.74. The molecule has 0 N–H and O–H groups in total. The van der Waals surface area contributed by atoms with Crippen LogP contribution in [0.3, 0.4) is 0 Å². The molecule has 1 fully saturated rings. The van der Waals surface area contributed by atoms with Gasteiger partial charge < -0.3 is 9.64 Å². The summed E-state index contributed by atoms with van der Waals surface area (Å²) in [6.45, 7) is 4.51. The molecule has 1 aliphatic heterocycles. The average molecular weight is 302 g/mol. The molecule has 0 saturated carbocycles. The summed E-state index contributed by atoms with van der Waals surface area (Å²) in [5.74, 6) is 0.487. The predicted octanol–water partition coefficient (Wildman–Crippen LogP) is 0.690. The summed E-state index contributed by atoms with van der Waals surface area (Å²) in [4.78, 5) is 28.6. The molecule has 8 heteroatoms. The van der Waals surface area contributed by atoms with Crippen molar-refractivity contribution in [2.45, 2.75) is 6.10 Å². The number of rotatable bonds is 3. The van der Waals surface area contributed by atoms with Crippen molar-refractivity contribution in [3.05, 3.63) is 63.2 Å². The molecule has 0 aliphatic carbocycles. The number of anilines is 1. The van der Waals surface area contributed by atoms with Crippen molar-refractivity contribution in [3.8, 4) is 0 Å². The molecule has 0 bridgehead atoms. The number of pyridine rings is 1. The lowest BCUT2D eigenvalue weighted by atomic mass is 10.2. The van der Waals surface area contributed by atoms with Crippen LogP contribution in [0.4, 0.5) is 5.82 Å². The number of ether oxygens (including phenoxy) is 1. The predicted molar refractivity (Wildman–Crippen MR) is 79.5 cm³/mol. The molecule has 0 amide bonds. The van der Waals surface area contributed by atoms with E-state index in [1.54, 1.807) is 29.3 Å². The molecule has 8 nitrogen and oxygen atoms in total. The van der Waals surface area contributed by atoms with Crippen molar-refractivity contribution in [1.29, 1.82) is 0 Å². The molecule has 3 heterocycles. The van der Waals surface area contributed by atoms with Crippen LogP contribution in [0.2, 0.25) is 0 Å². The first kappa shape index (κ1) is 14.2. The first-order valence-electron chi connectivity index (χ1n) is 6.74. The number of hydrogen-bond donors (Lipinski definition) is 0. The monoisotopic (exact) mass is 302 g/mol. The Morgan fingerprint density at radius 1 is 1.50 bits per heavy atom. The van der Waals surface area contributed by atoms with Gasteiger partial charge in [-0.15, -0.1) is 0 Å². The molecular weight excluding hydrogens is 288 g/mol. The van der Waals surface area contributed by atoms with Crippen molar-refractivity contribution in [1.82, 2.24) is 9.38 Å². The van der Waals surface area contributed by atoms with Gasteiger partial charge in [-0.05, 0) is 18.7 Å². The molecule has 1 atom stereocenters. The van der Waals surface area contributed by atoms with Gasteiger partial charge in [0.05, 0.1) is 18.1 Å². The number of nitrogens with zero attached hydrogens (tertiary/aromatic N) is 4. The average Bonchev–Trinajstić information content (AvgIpc) is 2.54. The second-order valence-corrected chi connectivity index (χ2v) is 4.94. The molecule has 22 heavy (non-hydrogen) atoms. The van der Waals surface area contributed by atoms with Gasteiger partial charge in [-0.1, -0.05) is 6.07 Å². The standard InChI is InChI=1S/C14H14N4O4/c1-10(18(20)21)11-9-16(6-7-22-11)13-8-14(19)17-5-3-2-4-12(17)15-13/h2-5,8,11H,1,6-7,9H2. The number of hydrogen-bond acceptors (Lipinski definition) is 6. The zero-order valence-corrected chi connectivity index (χ0v) is 11.7. The topological polar surface area (TPSA) is 90.0 Å². The Kier molecular flexibility index (Phi) is 3.60. The van der Waals surface area contributed by atoms with E-state index >= 15 is 0 Å². The molecule has 0 spiro atoms. The van der Waals surface area contributed by atoms with E-state index in [4.69, 9.17) is 4.74 Å². The van der Waals surface area contributed by atoms with Crippen LogP contribution in [0.25, 0.3) is 5.65 Å². The molecule has 2 aromatic rings. The van der Waals surface area contributed by atoms with Crippen LogP contribution in [-0.2, 0) is 4.74 Å². The summed E-state index contributed by atoms with van der Waals surface area (Å²) >= 11 is 0. The zero-order valence-electron chi connectivity index (χ0n) is 11.7. The van der Waals surface area contributed by atoms with Gasteiger partial charge in [0.25, 0.3) is 11.3 Å². The largest absolute Gasteiger partial charge is 0.363 e. The van der Waals surface area contributed by atoms with Crippen molar-refractivity contribution in [2.75, 3.05) is 24.6 Å². The Labute approximate surface area is 125 Å². The van der Waals surface area contributed by atoms with E-state index in [1.165, 1.54) is 10.5 Å². The van der Waals surface area contributed by atoms with Crippen molar-refractivity contribution in [2.24, 2.45) is 0 Å². The summed E-state index contributed by atoms with van der Waals surface area (Å²) in [5, 5.41) is 10.8. The van der Waals surface area contributed by atoms with Gasteiger partial charge in [0.1, 0.15) is 11.5 Å². The van der Waals surface area contributed by atoms with Gasteiger partial charge in [-0.2, -0.15) is 0 Å². The molecule has 1 saturated heterocycles. The molecule has 114 valence electrons. The van der Waals surface area contributed by atoms with Gasteiger partial charge in [-0.3, -0.25) is 19.3 Å². The Bertz CT molecular complexity index is 801. The summed E-state index contributed by atoms with van der Waals surface area (Å²) in [7, 11) is 0. The third kappa shape index (κ3) is 2.56. The van der Waals surface area contributed by atoms with Crippen molar-refractivity contribution < 1.29 is 9.66 Å². The third-order valence-electron chi connectivity index (χ3n) is 3.55. The van der Waals surface area contributed by atoms with Crippen LogP contribution < -0.4 is 10.5 Å². The fourth-order valence-corrected chi connectivity index (χ4v) is 2.38. The zero-order chi connectivity index (χ0) is 15.7. The van der Waals surface area contributed by atoms with E-state index in [9.17, 15) is 14.9 Å². The number of nitro groups is 1. The lowest BCUT2D eigenvalue weighted by Gasteiger charge is -2.32. The lowest BCUT2D eigenvalue weighted by Crippen LogP contribution is -2.45. The second-order valence-electron chi connectivity index (χ2n) is 4.94. The maximum absolute atomic E-state index is 12.1. The number of fused-ring (bicyclic) bond motifs is 1. The van der Waals surface area contributed by atoms with Gasteiger partial charge in [0.15, 0.2) is 6.10 Å². The van der Waals surface area contributed by atoms with Gasteiger partial charge in [0.2, 0.25) is 0 Å². The Hall–Kier alpha value is -2.74. The van der Waals surface area contributed by atoms with Gasteiger partial charge >= 0.3 is 0 Å². The second kappa shape index (κ2) is 5.57. The van der Waals surface area contributed by atoms with Gasteiger partial charge in [0, 0.05) is 18.8 Å². The van der Waals surface area contributed by atoms with E-state index in [1.807, 2.05) is 0 Å². The molecule has 3 rings (SSSR count). The van der Waals surface area contributed by atoms with Crippen molar-refractivity contribution >= 4 is 11.5 Å². The van der Waals surface area contributed by atoms with E-state index in [0.717, 1.165) is 0 Å². The highest BCUT2D eigenvalue weighted by Crippen LogP contribution is 2.18. The minimum atomic E-state index is -0.709. The first-order chi connectivity index (χ1) is 10.6. The smallest absolute Gasteiger partial charge is 0.269 e. The highest BCUT2D eigenvalue weighted by atomic mass is 16.6. The highest BCUT2D eigenvalue weighted by Gasteiger charge is 2.30. The Morgan fingerprint density at radius 3 is 3.09 bits per heavy atom. The molecule has 0 aromatic carbocycles. The molecule has 0 radical (unpaired) electrons. The molecule has 1 unspecified atom stereocenters. The van der Waals surface area contributed by atoms with Crippen LogP contribution in [0, 0.1) is 10.1 Å². The highest BCUT2D eigenvalue weighted by molar-refractivity contribution is 5.48. The fraction of sp³-hybridized carbons (Fsp3) is 0.286. The minimum Gasteiger partial charge on any atom is -0.363 e. The summed E-state index contributed by atoms with van der Waals surface area (Å²) in [6, 6.07) is 6.70. The number of morpholine rings is 1. The van der Waals surface area contributed by atoms with Gasteiger partial charge in [-0.25, -0.2) is 4.98 Å². The summed E-state index contributed by atoms with van der Waals surface area (Å²) in [6.07, 6.45) is 0.935. The Morgan fingerprint density at radius 2 is 2.32 bits per heavy atom. The lowest BCUT2D eigenvalue weighted by molar-refractivity contribution is -0.436. The normalized spacial score (nSPS) is 18.4. The molecule has 1 aliphatic rings. The molecule has 2 aromatic heterocycles. The molecular formula is C14H14N4O4. The summed E-state index contributed by atoms with van der Waals surface area (Å²) in [5.41, 5.74) is 0.139. The van der Waals surface area contributed by atoms with E-state index in [0.29, 0.717) is 24.6 Å². The van der Waals surface area contributed by atoms with E-state index in [-0.39, 0.29) is 17.8 Å². The van der Waals surface area contributed by atoms with Crippen LogP contribution in [0.1, 0.15) is 0 Å². The van der Waals surface area contributed by atoms with Crippen LogP contribution >= 0.6 is 0 Å². The maximum atomic E-state index is 12.1. The van der Waals surface area contributed by atoms with Crippen LogP contribution in [0.15, 0.2) is 47.5 Å². The van der Waals surface area contributed by atoms with E-state index < -0.39 is 11.0 Å². The fourth-order valence-electron chi connectivity index (χ4n) is 2.38.